The van der Waals surface area contributed by atoms with E-state index in [4.69, 9.17) is 4.74 Å². The first-order chi connectivity index (χ1) is 11.1. The number of carbonyl (C=O) groups excluding carboxylic acids is 3. The fourth-order valence-electron chi connectivity index (χ4n) is 2.82. The van der Waals surface area contributed by atoms with Gasteiger partial charge in [-0.25, -0.2) is 4.79 Å². The van der Waals surface area contributed by atoms with Gasteiger partial charge in [-0.3, -0.25) is 9.59 Å². The van der Waals surface area contributed by atoms with E-state index in [9.17, 15) is 19.5 Å². The molecule has 8 heteroatoms. The van der Waals surface area contributed by atoms with Gasteiger partial charge in [0.15, 0.2) is 6.10 Å². The number of likely N-dealkylation sites (N-methyl/N-ethyl adjacent to an activating group) is 1. The molecule has 0 spiro atoms. The van der Waals surface area contributed by atoms with E-state index in [2.05, 4.69) is 10.6 Å². The lowest BCUT2D eigenvalue weighted by molar-refractivity contribution is -0.144. The first-order valence-electron chi connectivity index (χ1n) is 8.25. The summed E-state index contributed by atoms with van der Waals surface area (Å²) in [5, 5.41) is 15.5. The molecule has 3 amide bonds. The topological polar surface area (TPSA) is 108 Å². The molecule has 3 atom stereocenters. The molecule has 3 N–H and O–H groups in total. The monoisotopic (exact) mass is 343 g/mol. The Kier molecular flexibility index (Phi) is 7.01. The Labute approximate surface area is 142 Å². The van der Waals surface area contributed by atoms with Crippen molar-refractivity contribution in [1.82, 2.24) is 15.5 Å². The van der Waals surface area contributed by atoms with Crippen LogP contribution in [0, 0.1) is 5.92 Å². The molecule has 0 aliphatic carbocycles. The van der Waals surface area contributed by atoms with Crippen LogP contribution in [0.15, 0.2) is 0 Å². The SMILES string of the molecule is CNC(=O)O[C@@H](CC(C)C)C(=O)N[C@@H](C)C[C@@]1(O)CCN(C)C1=O. The first kappa shape index (κ1) is 20.2. The quantitative estimate of drug-likeness (QED) is 0.614. The fourth-order valence-corrected chi connectivity index (χ4v) is 2.82. The van der Waals surface area contributed by atoms with Crippen LogP contribution in [-0.2, 0) is 14.3 Å². The predicted molar refractivity (Wildman–Crippen MR) is 88.2 cm³/mol. The second-order valence-electron chi connectivity index (χ2n) is 6.90. The van der Waals surface area contributed by atoms with Crippen LogP contribution < -0.4 is 10.6 Å². The molecule has 1 aliphatic heterocycles. The highest BCUT2D eigenvalue weighted by molar-refractivity contribution is 5.87. The smallest absolute Gasteiger partial charge is 0.407 e. The van der Waals surface area contributed by atoms with Crippen LogP contribution in [-0.4, -0.2) is 66.3 Å². The molecule has 1 aliphatic rings. The lowest BCUT2D eigenvalue weighted by Gasteiger charge is -2.26. The summed E-state index contributed by atoms with van der Waals surface area (Å²) in [6.07, 6.45) is -0.736. The number of rotatable bonds is 7. The summed E-state index contributed by atoms with van der Waals surface area (Å²) >= 11 is 0. The minimum absolute atomic E-state index is 0.121. The van der Waals surface area contributed by atoms with Crippen molar-refractivity contribution in [1.29, 1.82) is 0 Å². The van der Waals surface area contributed by atoms with E-state index in [1.165, 1.54) is 11.9 Å². The Morgan fingerprint density at radius 1 is 1.38 bits per heavy atom. The van der Waals surface area contributed by atoms with Gasteiger partial charge in [-0.2, -0.15) is 0 Å². The van der Waals surface area contributed by atoms with Crippen LogP contribution in [0.25, 0.3) is 0 Å². The molecule has 1 fully saturated rings. The largest absolute Gasteiger partial charge is 0.436 e. The Bertz CT molecular complexity index is 482. The minimum Gasteiger partial charge on any atom is -0.436 e. The maximum atomic E-state index is 12.4. The van der Waals surface area contributed by atoms with Crippen molar-refractivity contribution in [3.8, 4) is 0 Å². The standard InChI is InChI=1S/C16H29N3O5/c1-10(2)8-12(24-15(22)17-4)13(20)18-11(3)9-16(23)6-7-19(5)14(16)21/h10-12,23H,6-9H2,1-5H3,(H,17,22)(H,18,20)/t11-,12-,16-/m0/s1. The van der Waals surface area contributed by atoms with Gasteiger partial charge in [0.2, 0.25) is 0 Å². The average Bonchev–Trinajstić information content (AvgIpc) is 2.73. The maximum Gasteiger partial charge on any atom is 0.407 e. The third-order valence-corrected chi connectivity index (χ3v) is 4.07. The summed E-state index contributed by atoms with van der Waals surface area (Å²) in [5.41, 5.74) is -1.45. The lowest BCUT2D eigenvalue weighted by Crippen LogP contribution is -2.48. The highest BCUT2D eigenvalue weighted by Crippen LogP contribution is 2.26. The molecule has 1 saturated heterocycles. The van der Waals surface area contributed by atoms with E-state index in [0.717, 1.165) is 0 Å². The van der Waals surface area contributed by atoms with Crippen LogP contribution >= 0.6 is 0 Å². The zero-order valence-electron chi connectivity index (χ0n) is 15.1. The van der Waals surface area contributed by atoms with Crippen molar-refractivity contribution in [3.63, 3.8) is 0 Å². The van der Waals surface area contributed by atoms with Crippen molar-refractivity contribution < 1.29 is 24.2 Å². The number of carbonyl (C=O) groups is 3. The molecule has 0 saturated carbocycles. The molecule has 138 valence electrons. The van der Waals surface area contributed by atoms with Gasteiger partial charge in [0.05, 0.1) is 0 Å². The van der Waals surface area contributed by atoms with E-state index >= 15 is 0 Å². The molecule has 0 aromatic rings. The summed E-state index contributed by atoms with van der Waals surface area (Å²) < 4.78 is 5.11. The third-order valence-electron chi connectivity index (χ3n) is 4.07. The lowest BCUT2D eigenvalue weighted by atomic mass is 9.93. The van der Waals surface area contributed by atoms with E-state index in [1.807, 2.05) is 13.8 Å². The van der Waals surface area contributed by atoms with Crippen LogP contribution in [0.1, 0.15) is 40.0 Å². The number of nitrogens with zero attached hydrogens (tertiary/aromatic N) is 1. The molecule has 0 unspecified atom stereocenters. The molecule has 0 radical (unpaired) electrons. The predicted octanol–water partition coefficient (Wildman–Crippen LogP) is 0.245. The molecule has 0 aromatic carbocycles. The zero-order valence-corrected chi connectivity index (χ0v) is 15.1. The van der Waals surface area contributed by atoms with E-state index < -0.39 is 29.7 Å². The number of alkyl carbamates (subject to hydrolysis) is 1. The Hall–Kier alpha value is -1.83. The summed E-state index contributed by atoms with van der Waals surface area (Å²) in [7, 11) is 3.06. The van der Waals surface area contributed by atoms with Gasteiger partial charge in [0.1, 0.15) is 5.60 Å². The molecule has 24 heavy (non-hydrogen) atoms. The maximum absolute atomic E-state index is 12.4. The normalized spacial score (nSPS) is 23.1. The zero-order chi connectivity index (χ0) is 18.5. The molecule has 8 nitrogen and oxygen atoms in total. The highest BCUT2D eigenvalue weighted by Gasteiger charge is 2.44. The molecular weight excluding hydrogens is 314 g/mol. The number of likely N-dealkylation sites (tertiary alicyclic amines) is 1. The molecule has 0 bridgehead atoms. The van der Waals surface area contributed by atoms with Crippen molar-refractivity contribution in [2.24, 2.45) is 5.92 Å². The second kappa shape index (κ2) is 8.32. The molecular formula is C16H29N3O5. The first-order valence-corrected chi connectivity index (χ1v) is 8.25. The van der Waals surface area contributed by atoms with Gasteiger partial charge in [0, 0.05) is 39.5 Å². The van der Waals surface area contributed by atoms with E-state index in [0.29, 0.717) is 19.4 Å². The number of nitrogens with one attached hydrogen (secondary N) is 2. The minimum atomic E-state index is -1.45. The fraction of sp³-hybridized carbons (Fsp3) is 0.812. The Morgan fingerprint density at radius 2 is 2.00 bits per heavy atom. The van der Waals surface area contributed by atoms with Gasteiger partial charge in [-0.1, -0.05) is 13.8 Å². The highest BCUT2D eigenvalue weighted by atomic mass is 16.6. The Balaban J connectivity index is 2.65. The Morgan fingerprint density at radius 3 is 2.46 bits per heavy atom. The van der Waals surface area contributed by atoms with Gasteiger partial charge in [-0.15, -0.1) is 0 Å². The summed E-state index contributed by atoms with van der Waals surface area (Å²) in [4.78, 5) is 37.2. The number of aliphatic hydroxyl groups is 1. The van der Waals surface area contributed by atoms with Gasteiger partial charge in [0.25, 0.3) is 11.8 Å². The number of ether oxygens (including phenoxy) is 1. The van der Waals surface area contributed by atoms with Crippen molar-refractivity contribution in [2.45, 2.75) is 57.8 Å². The number of hydrogen-bond acceptors (Lipinski definition) is 5. The summed E-state index contributed by atoms with van der Waals surface area (Å²) in [6.45, 7) is 6.05. The van der Waals surface area contributed by atoms with Crippen molar-refractivity contribution in [3.05, 3.63) is 0 Å². The van der Waals surface area contributed by atoms with E-state index in [-0.39, 0.29) is 18.2 Å². The van der Waals surface area contributed by atoms with Crippen LogP contribution in [0.5, 0.6) is 0 Å². The molecule has 1 rings (SSSR count). The van der Waals surface area contributed by atoms with E-state index in [1.54, 1.807) is 14.0 Å². The van der Waals surface area contributed by atoms with Crippen molar-refractivity contribution in [2.75, 3.05) is 20.6 Å². The van der Waals surface area contributed by atoms with Crippen molar-refractivity contribution >= 4 is 17.9 Å². The molecule has 0 aromatic heterocycles. The van der Waals surface area contributed by atoms with Crippen LogP contribution in [0.2, 0.25) is 0 Å². The van der Waals surface area contributed by atoms with Gasteiger partial charge >= 0.3 is 6.09 Å². The van der Waals surface area contributed by atoms with Gasteiger partial charge in [-0.05, 0) is 19.3 Å². The van der Waals surface area contributed by atoms with Crippen LogP contribution in [0.4, 0.5) is 4.79 Å². The number of amides is 3. The second-order valence-corrected chi connectivity index (χ2v) is 6.90. The summed E-state index contributed by atoms with van der Waals surface area (Å²) in [6, 6.07) is -0.430. The molecule has 1 heterocycles. The average molecular weight is 343 g/mol. The summed E-state index contributed by atoms with van der Waals surface area (Å²) in [5.74, 6) is -0.596. The third kappa shape index (κ3) is 5.36. The van der Waals surface area contributed by atoms with Crippen LogP contribution in [0.3, 0.4) is 0 Å². The van der Waals surface area contributed by atoms with Gasteiger partial charge < -0.3 is 25.4 Å². The number of hydrogen-bond donors (Lipinski definition) is 3.